The molecule has 0 atom stereocenters. The lowest BCUT2D eigenvalue weighted by Crippen LogP contribution is -2.40. The summed E-state index contributed by atoms with van der Waals surface area (Å²) in [5.41, 5.74) is 0.953. The zero-order chi connectivity index (χ0) is 17.9. The van der Waals surface area contributed by atoms with Crippen molar-refractivity contribution in [1.82, 2.24) is 15.2 Å². The third-order valence-corrected chi connectivity index (χ3v) is 3.58. The second-order valence-corrected chi connectivity index (χ2v) is 5.43. The number of aromatic nitrogens is 1. The van der Waals surface area contributed by atoms with E-state index in [0.717, 1.165) is 30.4 Å². The molecule has 1 aromatic carbocycles. The van der Waals surface area contributed by atoms with E-state index in [4.69, 9.17) is 9.47 Å². The molecule has 0 aliphatic heterocycles. The van der Waals surface area contributed by atoms with Gasteiger partial charge in [0.05, 0.1) is 20.2 Å². The van der Waals surface area contributed by atoms with Crippen molar-refractivity contribution in [3.63, 3.8) is 0 Å². The number of ether oxygens (including phenoxy) is 2. The molecular formula is C19H26N4O2. The molecule has 0 spiro atoms. The number of pyridine rings is 1. The zero-order valence-corrected chi connectivity index (χ0v) is 15.1. The van der Waals surface area contributed by atoms with Crippen molar-refractivity contribution >= 4 is 5.96 Å². The summed E-state index contributed by atoms with van der Waals surface area (Å²) in [4.78, 5) is 10.9. The maximum atomic E-state index is 5.75. The van der Waals surface area contributed by atoms with Gasteiger partial charge in [-0.1, -0.05) is 24.3 Å². The van der Waals surface area contributed by atoms with Gasteiger partial charge in [-0.05, 0) is 25.1 Å². The highest BCUT2D eigenvalue weighted by atomic mass is 16.5. The topological polar surface area (TPSA) is 59.0 Å². The van der Waals surface area contributed by atoms with Gasteiger partial charge in [0.2, 0.25) is 5.88 Å². The Bertz CT molecular complexity index is 661. The van der Waals surface area contributed by atoms with Crippen LogP contribution in [-0.4, -0.2) is 49.7 Å². The van der Waals surface area contributed by atoms with E-state index in [1.54, 1.807) is 13.3 Å². The van der Waals surface area contributed by atoms with Crippen LogP contribution in [0, 0.1) is 0 Å². The smallest absolute Gasteiger partial charge is 0.218 e. The van der Waals surface area contributed by atoms with Crippen LogP contribution in [0.5, 0.6) is 11.6 Å². The molecule has 0 saturated carbocycles. The first-order valence-electron chi connectivity index (χ1n) is 8.39. The van der Waals surface area contributed by atoms with Gasteiger partial charge in [0.25, 0.3) is 0 Å². The molecule has 0 bridgehead atoms. The maximum absolute atomic E-state index is 5.75. The minimum atomic E-state index is 0.503. The Balaban J connectivity index is 1.93. The van der Waals surface area contributed by atoms with Crippen LogP contribution in [0.4, 0.5) is 0 Å². The number of nitrogens with one attached hydrogen (secondary N) is 1. The van der Waals surface area contributed by atoms with Crippen LogP contribution in [0.2, 0.25) is 0 Å². The van der Waals surface area contributed by atoms with E-state index in [9.17, 15) is 0 Å². The van der Waals surface area contributed by atoms with Crippen molar-refractivity contribution in [2.75, 3.05) is 33.9 Å². The molecular weight excluding hydrogens is 316 g/mol. The first-order valence-corrected chi connectivity index (χ1v) is 8.39. The summed E-state index contributed by atoms with van der Waals surface area (Å²) >= 11 is 0. The highest BCUT2D eigenvalue weighted by Crippen LogP contribution is 2.14. The number of likely N-dealkylation sites (N-methyl/N-ethyl adjacent to an activating group) is 1. The van der Waals surface area contributed by atoms with Crippen LogP contribution in [0.15, 0.2) is 53.7 Å². The lowest BCUT2D eigenvalue weighted by molar-refractivity contribution is 0.281. The number of para-hydroxylation sites is 1. The Morgan fingerprint density at radius 2 is 2.00 bits per heavy atom. The molecule has 0 fully saturated rings. The fourth-order valence-corrected chi connectivity index (χ4v) is 2.28. The summed E-state index contributed by atoms with van der Waals surface area (Å²) in [5, 5.41) is 3.30. The molecule has 134 valence electrons. The number of nitrogens with zero attached hydrogens (tertiary/aromatic N) is 3. The van der Waals surface area contributed by atoms with Crippen molar-refractivity contribution in [1.29, 1.82) is 0 Å². The second kappa shape index (κ2) is 10.2. The number of benzene rings is 1. The molecule has 2 rings (SSSR count). The first-order chi connectivity index (χ1) is 12.2. The van der Waals surface area contributed by atoms with Crippen molar-refractivity contribution < 1.29 is 9.47 Å². The van der Waals surface area contributed by atoms with Crippen LogP contribution in [-0.2, 0) is 6.54 Å². The number of rotatable bonds is 8. The van der Waals surface area contributed by atoms with Gasteiger partial charge in [0.1, 0.15) is 12.4 Å². The van der Waals surface area contributed by atoms with E-state index in [1.807, 2.05) is 49.5 Å². The van der Waals surface area contributed by atoms with Gasteiger partial charge >= 0.3 is 0 Å². The fourth-order valence-electron chi connectivity index (χ4n) is 2.28. The Morgan fingerprint density at radius 1 is 1.20 bits per heavy atom. The van der Waals surface area contributed by atoms with Gasteiger partial charge in [-0.15, -0.1) is 0 Å². The van der Waals surface area contributed by atoms with Crippen molar-refractivity contribution in [3.8, 4) is 11.6 Å². The molecule has 0 unspecified atom stereocenters. The van der Waals surface area contributed by atoms with Crippen LogP contribution in [0.1, 0.15) is 12.5 Å². The number of methoxy groups -OCH3 is 1. The van der Waals surface area contributed by atoms with Gasteiger partial charge in [-0.3, -0.25) is 0 Å². The molecule has 0 aliphatic rings. The van der Waals surface area contributed by atoms with Gasteiger partial charge in [0.15, 0.2) is 5.96 Å². The standard InChI is InChI=1S/C19H26N4O2/c1-4-20-19(22-15-16-9-8-12-21-18(16)24-3)23(2)13-14-25-17-10-6-5-7-11-17/h5-12H,4,13-15H2,1-3H3,(H,20,22). The number of aliphatic imine (C=N–C) groups is 1. The first kappa shape index (κ1) is 18.6. The minimum absolute atomic E-state index is 0.503. The molecule has 0 aliphatic carbocycles. The lowest BCUT2D eigenvalue weighted by Gasteiger charge is -2.22. The van der Waals surface area contributed by atoms with Crippen LogP contribution in [0.3, 0.4) is 0 Å². The van der Waals surface area contributed by atoms with E-state index < -0.39 is 0 Å². The van der Waals surface area contributed by atoms with E-state index in [2.05, 4.69) is 27.1 Å². The molecule has 0 saturated heterocycles. The third kappa shape index (κ3) is 5.99. The molecule has 25 heavy (non-hydrogen) atoms. The SMILES string of the molecule is CCNC(=NCc1cccnc1OC)N(C)CCOc1ccccc1. The van der Waals surface area contributed by atoms with E-state index in [1.165, 1.54) is 0 Å². The van der Waals surface area contributed by atoms with Gasteiger partial charge < -0.3 is 19.7 Å². The molecule has 1 heterocycles. The number of hydrogen-bond donors (Lipinski definition) is 1. The Kier molecular flexibility index (Phi) is 7.56. The Morgan fingerprint density at radius 3 is 2.72 bits per heavy atom. The number of guanidine groups is 1. The summed E-state index contributed by atoms with van der Waals surface area (Å²) in [5.74, 6) is 2.31. The molecule has 0 radical (unpaired) electrons. The largest absolute Gasteiger partial charge is 0.492 e. The van der Waals surface area contributed by atoms with E-state index in [-0.39, 0.29) is 0 Å². The highest BCUT2D eigenvalue weighted by molar-refractivity contribution is 5.79. The molecule has 6 heteroatoms. The van der Waals surface area contributed by atoms with Gasteiger partial charge in [-0.2, -0.15) is 0 Å². The van der Waals surface area contributed by atoms with E-state index in [0.29, 0.717) is 19.0 Å². The summed E-state index contributed by atoms with van der Waals surface area (Å²) in [7, 11) is 3.62. The minimum Gasteiger partial charge on any atom is -0.492 e. The van der Waals surface area contributed by atoms with Crippen LogP contribution in [0.25, 0.3) is 0 Å². The molecule has 1 aromatic heterocycles. The average Bonchev–Trinajstić information content (AvgIpc) is 2.66. The summed E-state index contributed by atoms with van der Waals surface area (Å²) in [6.07, 6.45) is 1.71. The van der Waals surface area contributed by atoms with Crippen molar-refractivity contribution in [2.45, 2.75) is 13.5 Å². The van der Waals surface area contributed by atoms with Crippen molar-refractivity contribution in [2.24, 2.45) is 4.99 Å². The Hall–Kier alpha value is -2.76. The normalized spacial score (nSPS) is 11.1. The molecule has 6 nitrogen and oxygen atoms in total. The lowest BCUT2D eigenvalue weighted by atomic mass is 10.3. The summed E-state index contributed by atoms with van der Waals surface area (Å²) < 4.78 is 11.0. The van der Waals surface area contributed by atoms with Gasteiger partial charge in [-0.25, -0.2) is 9.98 Å². The van der Waals surface area contributed by atoms with Crippen LogP contribution >= 0.6 is 0 Å². The highest BCUT2D eigenvalue weighted by Gasteiger charge is 2.08. The summed E-state index contributed by atoms with van der Waals surface area (Å²) in [6, 6.07) is 13.7. The van der Waals surface area contributed by atoms with E-state index >= 15 is 0 Å². The molecule has 1 N–H and O–H groups in total. The van der Waals surface area contributed by atoms with Gasteiger partial charge in [0, 0.05) is 25.4 Å². The third-order valence-electron chi connectivity index (χ3n) is 3.58. The molecule has 2 aromatic rings. The zero-order valence-electron chi connectivity index (χ0n) is 15.1. The predicted octanol–water partition coefficient (Wildman–Crippen LogP) is 2.57. The van der Waals surface area contributed by atoms with Crippen LogP contribution < -0.4 is 14.8 Å². The monoisotopic (exact) mass is 342 g/mol. The quantitative estimate of drug-likeness (QED) is 0.590. The maximum Gasteiger partial charge on any atom is 0.218 e. The molecule has 0 amide bonds. The predicted molar refractivity (Wildman–Crippen MR) is 100 cm³/mol. The fraction of sp³-hybridized carbons (Fsp3) is 0.368. The second-order valence-electron chi connectivity index (χ2n) is 5.43. The Labute approximate surface area is 149 Å². The average molecular weight is 342 g/mol. The number of hydrogen-bond acceptors (Lipinski definition) is 4. The van der Waals surface area contributed by atoms with Crippen molar-refractivity contribution in [3.05, 3.63) is 54.2 Å². The summed E-state index contributed by atoms with van der Waals surface area (Å²) in [6.45, 7) is 4.66.